The Bertz CT molecular complexity index is 1730. The fraction of sp³-hybridized carbons (Fsp3) is 0.439. The fourth-order valence-corrected chi connectivity index (χ4v) is 6.13. The number of fused-ring (bicyclic) bond motifs is 3. The molecule has 1 aliphatic carbocycles. The van der Waals surface area contributed by atoms with Crippen molar-refractivity contribution in [3.05, 3.63) is 89.5 Å². The largest absolute Gasteiger partial charge is 0.449 e. The highest BCUT2D eigenvalue weighted by atomic mass is 16.6. The summed E-state index contributed by atoms with van der Waals surface area (Å²) in [5.41, 5.74) is 4.80. The Hall–Kier alpha value is -5.43. The molecule has 6 N–H and O–H groups in total. The van der Waals surface area contributed by atoms with Crippen molar-refractivity contribution in [1.82, 2.24) is 21.3 Å². The van der Waals surface area contributed by atoms with Crippen LogP contribution in [-0.2, 0) is 30.5 Å². The number of carbonyl (C=O) groups excluding carboxylic acids is 5. The minimum atomic E-state index is -1.07. The Morgan fingerprint density at radius 2 is 1.35 bits per heavy atom. The third-order valence-corrected chi connectivity index (χ3v) is 8.94. The lowest BCUT2D eigenvalue weighted by Gasteiger charge is -2.26. The molecular weight excluding hydrogens is 690 g/mol. The van der Waals surface area contributed by atoms with E-state index >= 15 is 0 Å². The maximum Gasteiger partial charge on any atom is 0.407 e. The van der Waals surface area contributed by atoms with Gasteiger partial charge >= 0.3 is 12.2 Å². The third-order valence-electron chi connectivity index (χ3n) is 8.94. The first-order chi connectivity index (χ1) is 25.7. The maximum atomic E-state index is 13.8. The number of benzene rings is 3. The minimum Gasteiger partial charge on any atom is -0.449 e. The van der Waals surface area contributed by atoms with Gasteiger partial charge in [-0.2, -0.15) is 0 Å². The van der Waals surface area contributed by atoms with Crippen LogP contribution in [0, 0.1) is 5.92 Å². The van der Waals surface area contributed by atoms with E-state index in [2.05, 4.69) is 26.6 Å². The highest BCUT2D eigenvalue weighted by Gasteiger charge is 2.32. The Labute approximate surface area is 317 Å². The Kier molecular flexibility index (Phi) is 14.6. The van der Waals surface area contributed by atoms with Crippen molar-refractivity contribution in [3.63, 3.8) is 0 Å². The van der Waals surface area contributed by atoms with Gasteiger partial charge < -0.3 is 41.2 Å². The van der Waals surface area contributed by atoms with E-state index < -0.39 is 53.6 Å². The van der Waals surface area contributed by atoms with E-state index in [4.69, 9.17) is 9.47 Å². The third kappa shape index (κ3) is 11.8. The summed E-state index contributed by atoms with van der Waals surface area (Å²) in [7, 11) is 0. The molecule has 0 heterocycles. The van der Waals surface area contributed by atoms with Crippen molar-refractivity contribution in [1.29, 1.82) is 0 Å². The number of unbranched alkanes of at least 4 members (excludes halogenated alkanes) is 1. The van der Waals surface area contributed by atoms with Crippen LogP contribution in [0.3, 0.4) is 0 Å². The summed E-state index contributed by atoms with van der Waals surface area (Å²) in [6.07, 6.45) is -0.230. The summed E-state index contributed by atoms with van der Waals surface area (Å²) in [5.74, 6) is -2.19. The molecule has 0 saturated carbocycles. The first kappa shape index (κ1) is 41.3. The van der Waals surface area contributed by atoms with Gasteiger partial charge in [-0.1, -0.05) is 74.5 Å². The lowest BCUT2D eigenvalue weighted by Crippen LogP contribution is -2.57. The van der Waals surface area contributed by atoms with Crippen LogP contribution >= 0.6 is 0 Å². The number of alkyl carbamates (subject to hydrolysis) is 2. The zero-order chi connectivity index (χ0) is 39.4. The molecule has 13 nitrogen and oxygen atoms in total. The van der Waals surface area contributed by atoms with Crippen LogP contribution in [-0.4, -0.2) is 71.9 Å². The van der Waals surface area contributed by atoms with Gasteiger partial charge in [0, 0.05) is 18.2 Å². The van der Waals surface area contributed by atoms with Crippen LogP contribution in [0.5, 0.6) is 0 Å². The zero-order valence-electron chi connectivity index (χ0n) is 31.9. The number of amides is 5. The van der Waals surface area contributed by atoms with Crippen molar-refractivity contribution in [2.45, 2.75) is 97.1 Å². The van der Waals surface area contributed by atoms with Crippen molar-refractivity contribution >= 4 is 35.6 Å². The number of aliphatic hydroxyl groups is 1. The lowest BCUT2D eigenvalue weighted by molar-refractivity contribution is -0.132. The molecule has 3 atom stereocenters. The molecule has 0 saturated heterocycles. The smallest absolute Gasteiger partial charge is 0.407 e. The molecule has 0 aliphatic heterocycles. The number of hydrogen-bond acceptors (Lipinski definition) is 8. The summed E-state index contributed by atoms with van der Waals surface area (Å²) >= 11 is 0. The number of nitrogens with one attached hydrogen (secondary N) is 5. The van der Waals surface area contributed by atoms with E-state index in [1.807, 2.05) is 48.5 Å². The molecule has 4 rings (SSSR count). The molecule has 3 aromatic rings. The van der Waals surface area contributed by atoms with E-state index in [9.17, 15) is 29.1 Å². The van der Waals surface area contributed by atoms with Crippen LogP contribution in [0.25, 0.3) is 11.1 Å². The molecule has 0 fully saturated rings. The number of anilines is 1. The average Bonchev–Trinajstić information content (AvgIpc) is 3.45. The summed E-state index contributed by atoms with van der Waals surface area (Å²) in [4.78, 5) is 65.4. The molecule has 0 unspecified atom stereocenters. The van der Waals surface area contributed by atoms with Crippen LogP contribution in [0.1, 0.15) is 83.4 Å². The van der Waals surface area contributed by atoms with Crippen LogP contribution in [0.15, 0.2) is 72.8 Å². The van der Waals surface area contributed by atoms with Crippen LogP contribution < -0.4 is 26.6 Å². The minimum absolute atomic E-state index is 0.0521. The summed E-state index contributed by atoms with van der Waals surface area (Å²) < 4.78 is 11.0. The van der Waals surface area contributed by atoms with Gasteiger partial charge in [0.1, 0.15) is 30.3 Å². The van der Waals surface area contributed by atoms with E-state index in [0.29, 0.717) is 24.1 Å². The van der Waals surface area contributed by atoms with Crippen molar-refractivity contribution < 1.29 is 38.6 Å². The molecule has 0 spiro atoms. The monoisotopic (exact) mass is 743 g/mol. The van der Waals surface area contributed by atoms with E-state index in [0.717, 1.165) is 22.3 Å². The van der Waals surface area contributed by atoms with Gasteiger partial charge in [-0.15, -0.1) is 0 Å². The first-order valence-corrected chi connectivity index (χ1v) is 18.4. The quantitative estimate of drug-likeness (QED) is 0.106. The highest BCUT2D eigenvalue weighted by molar-refractivity contribution is 5.98. The SMILES string of the molecule is CC(C)[C@@H](NC(=O)[C@H](CCCCNC(=O)OC(C)(C)C)NC(=O)OCC1c2ccccc2-c2ccccc21)C(=O)N[C@@H](C)C(=O)Nc1ccc(CO)cc1. The molecule has 5 amide bonds. The highest BCUT2D eigenvalue weighted by Crippen LogP contribution is 2.44. The van der Waals surface area contributed by atoms with Gasteiger partial charge in [-0.25, -0.2) is 9.59 Å². The van der Waals surface area contributed by atoms with E-state index in [1.54, 1.807) is 58.9 Å². The molecular formula is C41H53N5O8. The van der Waals surface area contributed by atoms with Crippen molar-refractivity contribution in [2.75, 3.05) is 18.5 Å². The first-order valence-electron chi connectivity index (χ1n) is 18.4. The number of rotatable bonds is 16. The fourth-order valence-electron chi connectivity index (χ4n) is 6.13. The second-order valence-corrected chi connectivity index (χ2v) is 14.8. The lowest BCUT2D eigenvalue weighted by atomic mass is 9.98. The van der Waals surface area contributed by atoms with Gasteiger partial charge in [0.2, 0.25) is 17.7 Å². The number of aliphatic hydroxyl groups excluding tert-OH is 1. The van der Waals surface area contributed by atoms with Crippen molar-refractivity contribution in [3.8, 4) is 11.1 Å². The molecule has 0 radical (unpaired) electrons. The normalized spacial score (nSPS) is 13.8. The second-order valence-electron chi connectivity index (χ2n) is 14.8. The predicted molar refractivity (Wildman–Crippen MR) is 205 cm³/mol. The van der Waals surface area contributed by atoms with Gasteiger partial charge in [0.05, 0.1) is 6.61 Å². The Morgan fingerprint density at radius 3 is 1.93 bits per heavy atom. The number of hydrogen-bond donors (Lipinski definition) is 6. The van der Waals surface area contributed by atoms with Gasteiger partial charge in [-0.3, -0.25) is 14.4 Å². The van der Waals surface area contributed by atoms with Gasteiger partial charge in [-0.05, 0) is 92.8 Å². The Morgan fingerprint density at radius 1 is 0.741 bits per heavy atom. The summed E-state index contributed by atoms with van der Waals surface area (Å²) in [5, 5.41) is 22.8. The molecule has 54 heavy (non-hydrogen) atoms. The van der Waals surface area contributed by atoms with Gasteiger partial charge in [0.15, 0.2) is 0 Å². The topological polar surface area (TPSA) is 184 Å². The number of ether oxygens (including phenoxy) is 2. The van der Waals surface area contributed by atoms with Crippen LogP contribution in [0.4, 0.5) is 15.3 Å². The van der Waals surface area contributed by atoms with E-state index in [1.165, 1.54) is 6.92 Å². The summed E-state index contributed by atoms with van der Waals surface area (Å²) in [6.45, 7) is 10.6. The molecule has 3 aromatic carbocycles. The predicted octanol–water partition coefficient (Wildman–Crippen LogP) is 5.37. The zero-order valence-corrected chi connectivity index (χ0v) is 31.9. The molecule has 0 aromatic heterocycles. The second kappa shape index (κ2) is 19.1. The molecule has 1 aliphatic rings. The maximum absolute atomic E-state index is 13.8. The Balaban J connectivity index is 1.39. The average molecular weight is 744 g/mol. The summed E-state index contributed by atoms with van der Waals surface area (Å²) in [6, 6.07) is 19.5. The number of carbonyl (C=O) groups is 5. The van der Waals surface area contributed by atoms with Crippen LogP contribution in [0.2, 0.25) is 0 Å². The van der Waals surface area contributed by atoms with Crippen molar-refractivity contribution in [2.24, 2.45) is 5.92 Å². The van der Waals surface area contributed by atoms with Gasteiger partial charge in [0.25, 0.3) is 0 Å². The van der Waals surface area contributed by atoms with E-state index in [-0.39, 0.29) is 38.0 Å². The molecule has 290 valence electrons. The molecule has 13 heteroatoms. The standard InChI is InChI=1S/C41H53N5O8/c1-25(2)35(38(50)43-26(3)36(48)44-28-20-18-27(23-47)19-21-28)46-37(49)34(17-11-12-22-42-39(51)54-41(4,5)6)45-40(52)53-24-33-31-15-9-7-13-29(31)30-14-8-10-16-32(30)33/h7-10,13-16,18-21,25-26,33-35,47H,11-12,17,22-24H2,1-6H3,(H,42,51)(H,43,50)(H,44,48)(H,45,52)(H,46,49)/t26-,34-,35+/m0/s1. The molecule has 0 bridgehead atoms.